The molecule has 0 amide bonds. The molecule has 0 atom stereocenters. The van der Waals surface area contributed by atoms with Gasteiger partial charge in [0.2, 0.25) is 5.28 Å². The van der Waals surface area contributed by atoms with Crippen molar-refractivity contribution in [1.82, 2.24) is 29.9 Å². The predicted molar refractivity (Wildman–Crippen MR) is 384 cm³/mol. The van der Waals surface area contributed by atoms with Crippen molar-refractivity contribution in [3.63, 3.8) is 0 Å². The summed E-state index contributed by atoms with van der Waals surface area (Å²) in [5, 5.41) is 32.7. The maximum Gasteiger partial charge on any atom is 0.488 e. The van der Waals surface area contributed by atoms with Crippen LogP contribution in [-0.2, 0) is 0 Å². The van der Waals surface area contributed by atoms with E-state index in [1.807, 2.05) is 133 Å². The molecule has 0 spiro atoms. The van der Waals surface area contributed by atoms with Crippen molar-refractivity contribution < 1.29 is 18.9 Å². The van der Waals surface area contributed by atoms with Gasteiger partial charge in [0.1, 0.15) is 22.3 Å². The van der Waals surface area contributed by atoms with Crippen molar-refractivity contribution in [2.45, 2.75) is 0 Å². The van der Waals surface area contributed by atoms with Gasteiger partial charge in [0.25, 0.3) is 0 Å². The van der Waals surface area contributed by atoms with E-state index in [4.69, 9.17) is 35.4 Å². The van der Waals surface area contributed by atoms with Gasteiger partial charge in [-0.2, -0.15) is 9.97 Å². The number of aromatic nitrogens is 6. The standard InChI is InChI=1S/C41H25N3O.C22H15BO3.C19H12ClN3/c1-2-12-27(13-3-1)39-42-40(44-41(43-39)34-21-9-16-26-11-6-7-19-32(26)34)31-18-8-17-30(23-31)33-20-10-22-36-38(33)35-24-28-14-4-5-15-29(28)25-37(35)45-36;24-23(25)17-8-3-7-16(11-17)18-9-4-10-20-22(18)19-12-14-5-1-2-6-15(14)13-21(19)26-20;20-19-22-17(14-8-2-1-3-9-14)21-18(23-19)16-12-6-10-13-7-4-5-11-15(13)16/h1-25H;1-13,24-25H;1-12H. The minimum atomic E-state index is -1.49. The monoisotopic (exact) mass is 1230 g/mol. The highest BCUT2D eigenvalue weighted by Crippen LogP contribution is 2.41. The summed E-state index contributed by atoms with van der Waals surface area (Å²) in [5.74, 6) is 3.08. The SMILES string of the molecule is Clc1nc(-c2ccccc2)nc(-c2cccc3ccccc23)n1.OB(O)c1cccc(-c2cccc3oc4cc5ccccc5cc4c23)c1.c1ccc(-c2nc(-c3cccc(-c4cccc5oc6cc7ccccc7cc6c45)c3)nc(-c3cccc4ccccc34)n2)cc1. The zero-order valence-corrected chi connectivity index (χ0v) is 51.0. The van der Waals surface area contributed by atoms with Gasteiger partial charge in [0.05, 0.1) is 0 Å². The Hall–Kier alpha value is -12.0. The van der Waals surface area contributed by atoms with Crippen molar-refractivity contribution in [2.24, 2.45) is 0 Å². The summed E-state index contributed by atoms with van der Waals surface area (Å²) in [6, 6.07) is 102. The van der Waals surface area contributed by atoms with E-state index < -0.39 is 7.12 Å². The average molecular weight is 1230 g/mol. The van der Waals surface area contributed by atoms with Crippen molar-refractivity contribution >= 4 is 111 Å². The predicted octanol–water partition coefficient (Wildman–Crippen LogP) is 19.8. The minimum absolute atomic E-state index is 0.196. The van der Waals surface area contributed by atoms with Crippen LogP contribution in [0.15, 0.2) is 312 Å². The third kappa shape index (κ3) is 11.1. The number of hydrogen-bond acceptors (Lipinski definition) is 10. The first-order valence-electron chi connectivity index (χ1n) is 30.8. The third-order valence-electron chi connectivity index (χ3n) is 17.0. The topological polar surface area (TPSA) is 144 Å². The molecule has 0 aliphatic carbocycles. The second-order valence-electron chi connectivity index (χ2n) is 22.9. The van der Waals surface area contributed by atoms with E-state index in [9.17, 15) is 10.0 Å². The van der Waals surface area contributed by atoms with E-state index in [-0.39, 0.29) is 5.28 Å². The number of halogens is 1. The maximum atomic E-state index is 9.50. The Morgan fingerprint density at radius 1 is 0.255 bits per heavy atom. The molecule has 18 rings (SSSR count). The Balaban J connectivity index is 0.000000121. The molecule has 0 bridgehead atoms. The Morgan fingerprint density at radius 2 is 0.606 bits per heavy atom. The zero-order chi connectivity index (χ0) is 63.1. The number of furan rings is 2. The van der Waals surface area contributed by atoms with Crippen LogP contribution in [0.1, 0.15) is 0 Å². The minimum Gasteiger partial charge on any atom is -0.456 e. The van der Waals surface area contributed by atoms with Gasteiger partial charge in [-0.1, -0.05) is 261 Å². The molecule has 12 heteroatoms. The van der Waals surface area contributed by atoms with Gasteiger partial charge in [0.15, 0.2) is 29.1 Å². The second-order valence-corrected chi connectivity index (χ2v) is 23.2. The first kappa shape index (κ1) is 57.2. The lowest BCUT2D eigenvalue weighted by Gasteiger charge is -2.11. The van der Waals surface area contributed by atoms with Crippen molar-refractivity contribution in [3.8, 4) is 79.2 Å². The van der Waals surface area contributed by atoms with Crippen LogP contribution in [0.3, 0.4) is 0 Å². The number of hydrogen-bond donors (Lipinski definition) is 2. The number of benzene rings is 14. The highest BCUT2D eigenvalue weighted by molar-refractivity contribution is 6.58. The van der Waals surface area contributed by atoms with Gasteiger partial charge >= 0.3 is 7.12 Å². The molecule has 0 fully saturated rings. The van der Waals surface area contributed by atoms with Crippen LogP contribution in [-0.4, -0.2) is 47.1 Å². The van der Waals surface area contributed by atoms with Crippen LogP contribution in [0.2, 0.25) is 5.28 Å². The van der Waals surface area contributed by atoms with E-state index >= 15 is 0 Å². The smallest absolute Gasteiger partial charge is 0.456 e. The molecule has 10 nitrogen and oxygen atoms in total. The van der Waals surface area contributed by atoms with E-state index in [0.717, 1.165) is 126 Å². The molecule has 4 aromatic heterocycles. The van der Waals surface area contributed by atoms with E-state index in [2.05, 4.69) is 173 Å². The number of nitrogens with zero attached hydrogens (tertiary/aromatic N) is 6. The van der Waals surface area contributed by atoms with Crippen LogP contribution < -0.4 is 5.46 Å². The fourth-order valence-electron chi connectivity index (χ4n) is 12.6. The van der Waals surface area contributed by atoms with Gasteiger partial charge in [0, 0.05) is 49.4 Å². The summed E-state index contributed by atoms with van der Waals surface area (Å²) in [7, 11) is -1.49. The summed E-state index contributed by atoms with van der Waals surface area (Å²) >= 11 is 6.14. The summed E-state index contributed by atoms with van der Waals surface area (Å²) in [6.07, 6.45) is 0. The molecular weight excluding hydrogens is 1180 g/mol. The maximum absolute atomic E-state index is 9.50. The zero-order valence-electron chi connectivity index (χ0n) is 50.2. The van der Waals surface area contributed by atoms with E-state index in [1.165, 1.54) is 10.8 Å². The normalized spacial score (nSPS) is 11.4. The molecule has 94 heavy (non-hydrogen) atoms. The lowest BCUT2D eigenvalue weighted by Crippen LogP contribution is -2.29. The second kappa shape index (κ2) is 24.7. The molecule has 0 saturated carbocycles. The number of fused-ring (bicyclic) bond motifs is 10. The van der Waals surface area contributed by atoms with E-state index in [0.29, 0.717) is 34.6 Å². The van der Waals surface area contributed by atoms with Crippen LogP contribution >= 0.6 is 11.6 Å². The van der Waals surface area contributed by atoms with Gasteiger partial charge in [-0.3, -0.25) is 0 Å². The van der Waals surface area contributed by atoms with Crippen molar-refractivity contribution in [1.29, 1.82) is 0 Å². The fourth-order valence-corrected chi connectivity index (χ4v) is 12.7. The molecular formula is C82H52BClN6O4. The van der Waals surface area contributed by atoms with Crippen LogP contribution in [0.25, 0.3) is 166 Å². The Morgan fingerprint density at radius 3 is 1.13 bits per heavy atom. The molecule has 444 valence electrons. The van der Waals surface area contributed by atoms with E-state index in [1.54, 1.807) is 12.1 Å². The van der Waals surface area contributed by atoms with Crippen molar-refractivity contribution in [3.05, 3.63) is 309 Å². The summed E-state index contributed by atoms with van der Waals surface area (Å²) < 4.78 is 12.5. The molecule has 14 aromatic carbocycles. The Bertz CT molecular complexity index is 5890. The molecule has 0 aliphatic rings. The lowest BCUT2D eigenvalue weighted by molar-refractivity contribution is 0.426. The fraction of sp³-hybridized carbons (Fsp3) is 0. The van der Waals surface area contributed by atoms with Crippen LogP contribution in [0, 0.1) is 0 Å². The molecule has 2 N–H and O–H groups in total. The Labute approximate surface area is 544 Å². The van der Waals surface area contributed by atoms with Crippen LogP contribution in [0.4, 0.5) is 0 Å². The molecule has 0 radical (unpaired) electrons. The van der Waals surface area contributed by atoms with Gasteiger partial charge in [-0.05, 0) is 125 Å². The van der Waals surface area contributed by atoms with Gasteiger partial charge in [-0.25, -0.2) is 19.9 Å². The molecule has 18 aromatic rings. The highest BCUT2D eigenvalue weighted by Gasteiger charge is 2.20. The van der Waals surface area contributed by atoms with Crippen molar-refractivity contribution in [2.75, 3.05) is 0 Å². The molecule has 0 unspecified atom stereocenters. The first-order chi connectivity index (χ1) is 46.3. The summed E-state index contributed by atoms with van der Waals surface area (Å²) in [6.45, 7) is 0. The first-order valence-corrected chi connectivity index (χ1v) is 31.2. The third-order valence-corrected chi connectivity index (χ3v) is 17.2. The largest absolute Gasteiger partial charge is 0.488 e. The summed E-state index contributed by atoms with van der Waals surface area (Å²) in [5.41, 5.74) is 12.7. The van der Waals surface area contributed by atoms with Gasteiger partial charge < -0.3 is 18.9 Å². The average Bonchev–Trinajstić information content (AvgIpc) is 1.58. The highest BCUT2D eigenvalue weighted by atomic mass is 35.5. The Kier molecular flexibility index (Phi) is 15.0. The quantitative estimate of drug-likeness (QED) is 0.141. The molecule has 0 aliphatic heterocycles. The van der Waals surface area contributed by atoms with Gasteiger partial charge in [-0.15, -0.1) is 0 Å². The lowest BCUT2D eigenvalue weighted by atomic mass is 9.79. The summed E-state index contributed by atoms with van der Waals surface area (Å²) in [4.78, 5) is 28.3. The van der Waals surface area contributed by atoms with Crippen LogP contribution in [0.5, 0.6) is 0 Å². The molecule has 4 heterocycles. The number of rotatable bonds is 8. The molecule has 0 saturated heterocycles.